The molecule has 1 aliphatic rings. The highest BCUT2D eigenvalue weighted by Crippen LogP contribution is 2.43. The summed E-state index contributed by atoms with van der Waals surface area (Å²) in [5.74, 6) is 1.91. The van der Waals surface area contributed by atoms with E-state index in [1.807, 2.05) is 31.2 Å². The smallest absolute Gasteiger partial charge is 0.226 e. The van der Waals surface area contributed by atoms with Crippen LogP contribution >= 0.6 is 11.3 Å². The zero-order valence-electron chi connectivity index (χ0n) is 19.8. The zero-order chi connectivity index (χ0) is 23.8. The number of amides is 1. The van der Waals surface area contributed by atoms with Crippen LogP contribution in [0.4, 0.5) is 5.82 Å². The van der Waals surface area contributed by atoms with Crippen LogP contribution in [0.1, 0.15) is 54.5 Å². The molecule has 2 aromatic carbocycles. The van der Waals surface area contributed by atoms with E-state index in [1.54, 1.807) is 23.1 Å². The average molecular weight is 477 g/mol. The third kappa shape index (κ3) is 4.03. The summed E-state index contributed by atoms with van der Waals surface area (Å²) >= 11 is 1.57. The molecule has 1 N–H and O–H groups in total. The van der Waals surface area contributed by atoms with Crippen LogP contribution < -0.4 is 14.8 Å². The summed E-state index contributed by atoms with van der Waals surface area (Å²) in [5, 5.41) is 8.58. The Kier molecular flexibility index (Phi) is 6.00. The number of hydrogen-bond donors (Lipinski definition) is 1. The number of nitrogens with one attached hydrogen (secondary N) is 1. The van der Waals surface area contributed by atoms with Crippen LogP contribution in [-0.2, 0) is 4.79 Å². The van der Waals surface area contributed by atoms with Crippen LogP contribution in [0.2, 0.25) is 0 Å². The van der Waals surface area contributed by atoms with Gasteiger partial charge in [0.2, 0.25) is 11.0 Å². The maximum Gasteiger partial charge on any atom is 0.226 e. The first-order valence-corrected chi connectivity index (χ1v) is 12.4. The number of aryl methyl sites for hydroxylation is 2. The number of nitrogens with zero attached hydrogens (tertiary/aromatic N) is 3. The lowest BCUT2D eigenvalue weighted by Crippen LogP contribution is -2.25. The molecule has 0 saturated heterocycles. The first kappa shape index (κ1) is 22.4. The van der Waals surface area contributed by atoms with Gasteiger partial charge in [0.25, 0.3) is 0 Å². The van der Waals surface area contributed by atoms with Crippen LogP contribution in [0.25, 0.3) is 15.3 Å². The molecule has 1 atom stereocenters. The predicted molar refractivity (Wildman–Crippen MR) is 135 cm³/mol. The van der Waals surface area contributed by atoms with E-state index in [0.717, 1.165) is 50.8 Å². The molecule has 0 fully saturated rings. The summed E-state index contributed by atoms with van der Waals surface area (Å²) in [6, 6.07) is 12.1. The summed E-state index contributed by atoms with van der Waals surface area (Å²) in [7, 11) is 1.64. The molecule has 1 amide bonds. The number of aromatic nitrogens is 3. The van der Waals surface area contributed by atoms with Crippen molar-refractivity contribution in [2.24, 2.45) is 0 Å². The number of ether oxygens (including phenoxy) is 2. The third-order valence-corrected chi connectivity index (χ3v) is 7.16. The second-order valence-electron chi connectivity index (χ2n) is 8.64. The summed E-state index contributed by atoms with van der Waals surface area (Å²) in [6.45, 7) is 6.83. The van der Waals surface area contributed by atoms with Crippen molar-refractivity contribution < 1.29 is 14.3 Å². The Morgan fingerprint density at radius 2 is 2.03 bits per heavy atom. The monoisotopic (exact) mass is 476 g/mol. The number of fused-ring (bicyclic) bond motifs is 2. The zero-order valence-corrected chi connectivity index (χ0v) is 20.7. The SMILES string of the molecule is CCCCOc1ccc([C@@H]2CC(=O)Nc3c2c(C)nn3-c2nc3ccc(C)cc3s2)cc1OC. The Bertz CT molecular complexity index is 1370. The molecule has 2 aromatic heterocycles. The molecule has 3 heterocycles. The van der Waals surface area contributed by atoms with E-state index in [-0.39, 0.29) is 11.8 Å². The van der Waals surface area contributed by atoms with Gasteiger partial charge < -0.3 is 14.8 Å². The standard InChI is InChI=1S/C26H28N4O3S/c1-5-6-11-33-20-10-8-17(13-21(20)32-4)18-14-23(31)28-25-24(18)16(3)29-30(25)26-27-19-9-7-15(2)12-22(19)34-26/h7-10,12-13,18H,5-6,11,14H2,1-4H3,(H,28,31)/t18-/m0/s1. The molecule has 0 unspecified atom stereocenters. The van der Waals surface area contributed by atoms with Crippen molar-refractivity contribution in [2.75, 3.05) is 19.0 Å². The number of unbranched alkanes of at least 4 members (excludes halogenated alkanes) is 1. The first-order valence-electron chi connectivity index (χ1n) is 11.6. The molecule has 7 nitrogen and oxygen atoms in total. The number of carbonyl (C=O) groups excluding carboxylic acids is 1. The Balaban J connectivity index is 1.55. The summed E-state index contributed by atoms with van der Waals surface area (Å²) in [6.07, 6.45) is 2.40. The van der Waals surface area contributed by atoms with E-state index in [9.17, 15) is 4.79 Å². The van der Waals surface area contributed by atoms with E-state index in [0.29, 0.717) is 24.6 Å². The minimum absolute atomic E-state index is 0.0437. The molecule has 0 saturated carbocycles. The first-order chi connectivity index (χ1) is 16.5. The van der Waals surface area contributed by atoms with Crippen LogP contribution in [0.3, 0.4) is 0 Å². The lowest BCUT2D eigenvalue weighted by Gasteiger charge is -2.25. The van der Waals surface area contributed by atoms with Gasteiger partial charge in [-0.05, 0) is 55.7 Å². The van der Waals surface area contributed by atoms with Gasteiger partial charge in [-0.1, -0.05) is 36.8 Å². The van der Waals surface area contributed by atoms with E-state index in [4.69, 9.17) is 19.6 Å². The number of rotatable bonds is 7. The molecule has 0 aliphatic carbocycles. The number of hydrogen-bond acceptors (Lipinski definition) is 6. The molecular formula is C26H28N4O3S. The normalized spacial score (nSPS) is 15.3. The van der Waals surface area contributed by atoms with E-state index in [1.165, 1.54) is 5.56 Å². The van der Waals surface area contributed by atoms with Gasteiger partial charge in [-0.2, -0.15) is 9.78 Å². The van der Waals surface area contributed by atoms with Crippen molar-refractivity contribution in [3.05, 3.63) is 58.8 Å². The Morgan fingerprint density at radius 3 is 2.82 bits per heavy atom. The van der Waals surface area contributed by atoms with Gasteiger partial charge in [-0.3, -0.25) is 4.79 Å². The molecule has 8 heteroatoms. The van der Waals surface area contributed by atoms with Crippen molar-refractivity contribution >= 4 is 33.3 Å². The topological polar surface area (TPSA) is 78.3 Å². The van der Waals surface area contributed by atoms with Crippen molar-refractivity contribution in [3.8, 4) is 16.6 Å². The lowest BCUT2D eigenvalue weighted by molar-refractivity contribution is -0.116. The highest BCUT2D eigenvalue weighted by molar-refractivity contribution is 7.20. The molecule has 0 bridgehead atoms. The fourth-order valence-corrected chi connectivity index (χ4v) is 5.45. The van der Waals surface area contributed by atoms with Crippen molar-refractivity contribution in [1.82, 2.24) is 14.8 Å². The minimum atomic E-state index is -0.132. The number of anilines is 1. The Hall–Kier alpha value is -3.39. The van der Waals surface area contributed by atoms with Crippen LogP contribution in [0.15, 0.2) is 36.4 Å². The van der Waals surface area contributed by atoms with Gasteiger partial charge in [0.15, 0.2) is 11.5 Å². The van der Waals surface area contributed by atoms with Gasteiger partial charge in [0, 0.05) is 17.9 Å². The minimum Gasteiger partial charge on any atom is -0.493 e. The third-order valence-electron chi connectivity index (χ3n) is 6.16. The maximum absolute atomic E-state index is 12.8. The number of methoxy groups -OCH3 is 1. The van der Waals surface area contributed by atoms with E-state index >= 15 is 0 Å². The summed E-state index contributed by atoms with van der Waals surface area (Å²) < 4.78 is 14.4. The second kappa shape index (κ2) is 9.10. The number of benzene rings is 2. The molecule has 34 heavy (non-hydrogen) atoms. The largest absolute Gasteiger partial charge is 0.493 e. The van der Waals surface area contributed by atoms with Crippen LogP contribution in [0, 0.1) is 13.8 Å². The van der Waals surface area contributed by atoms with Gasteiger partial charge in [-0.15, -0.1) is 0 Å². The molecule has 4 aromatic rings. The van der Waals surface area contributed by atoms with E-state index < -0.39 is 0 Å². The van der Waals surface area contributed by atoms with Crippen LogP contribution in [0.5, 0.6) is 11.5 Å². The highest BCUT2D eigenvalue weighted by atomic mass is 32.1. The van der Waals surface area contributed by atoms with E-state index in [2.05, 4.69) is 31.3 Å². The predicted octanol–water partition coefficient (Wildman–Crippen LogP) is 5.76. The number of carbonyl (C=O) groups is 1. The molecule has 176 valence electrons. The Morgan fingerprint density at radius 1 is 1.18 bits per heavy atom. The Labute approximate surface area is 202 Å². The van der Waals surface area contributed by atoms with Gasteiger partial charge in [0.1, 0.15) is 5.82 Å². The van der Waals surface area contributed by atoms with Gasteiger partial charge in [0.05, 0.1) is 29.6 Å². The quantitative estimate of drug-likeness (QED) is 0.343. The summed E-state index contributed by atoms with van der Waals surface area (Å²) in [5.41, 5.74) is 4.99. The summed E-state index contributed by atoms with van der Waals surface area (Å²) in [4.78, 5) is 17.6. The number of thiazole rings is 1. The molecule has 0 radical (unpaired) electrons. The fraction of sp³-hybridized carbons (Fsp3) is 0.346. The lowest BCUT2D eigenvalue weighted by atomic mass is 9.85. The second-order valence-corrected chi connectivity index (χ2v) is 9.65. The molecule has 0 spiro atoms. The van der Waals surface area contributed by atoms with Crippen LogP contribution in [-0.4, -0.2) is 34.4 Å². The molecule has 5 rings (SSSR count). The molecular weight excluding hydrogens is 448 g/mol. The van der Waals surface area contributed by atoms with Crippen molar-refractivity contribution in [1.29, 1.82) is 0 Å². The average Bonchev–Trinajstić information content (AvgIpc) is 3.39. The highest BCUT2D eigenvalue weighted by Gasteiger charge is 2.33. The van der Waals surface area contributed by atoms with Crippen molar-refractivity contribution in [2.45, 2.75) is 46.0 Å². The fourth-order valence-electron chi connectivity index (χ4n) is 4.43. The van der Waals surface area contributed by atoms with Crippen molar-refractivity contribution in [3.63, 3.8) is 0 Å². The van der Waals surface area contributed by atoms with Gasteiger partial charge >= 0.3 is 0 Å². The molecule has 1 aliphatic heterocycles. The maximum atomic E-state index is 12.8. The van der Waals surface area contributed by atoms with Gasteiger partial charge in [-0.25, -0.2) is 4.98 Å².